The Morgan fingerprint density at radius 2 is 1.27 bits per heavy atom. The van der Waals surface area contributed by atoms with Gasteiger partial charge < -0.3 is 0 Å². The van der Waals surface area contributed by atoms with Crippen LogP contribution in [0.25, 0.3) is 0 Å². The Bertz CT molecular complexity index is 1070. The highest BCUT2D eigenvalue weighted by atomic mass is 127. The lowest BCUT2D eigenvalue weighted by molar-refractivity contribution is -0.123. The second kappa shape index (κ2) is 9.75. The largest absolute Gasteiger partial charge is 0.290 e. The van der Waals surface area contributed by atoms with Gasteiger partial charge in [0.1, 0.15) is 0 Å². The highest BCUT2D eigenvalue weighted by Gasteiger charge is 2.43. The molecule has 3 aromatic carbocycles. The molecule has 0 bridgehead atoms. The first-order valence-corrected chi connectivity index (χ1v) is 12.4. The lowest BCUT2D eigenvalue weighted by Gasteiger charge is -2.41. The van der Waals surface area contributed by atoms with Crippen molar-refractivity contribution in [1.82, 2.24) is 9.80 Å². The van der Waals surface area contributed by atoms with Crippen molar-refractivity contribution in [2.24, 2.45) is 0 Å². The van der Waals surface area contributed by atoms with Gasteiger partial charge >= 0.3 is 0 Å². The number of carbonyl (C=O) groups is 2. The van der Waals surface area contributed by atoms with Gasteiger partial charge in [0.05, 0.1) is 24.2 Å². The number of nitrogens with zero attached hydrogens (tertiary/aromatic N) is 3. The average molecular weight is 551 g/mol. The van der Waals surface area contributed by atoms with Crippen molar-refractivity contribution >= 4 is 40.1 Å². The predicted octanol–water partition coefficient (Wildman–Crippen LogP) is 4.33. The molecule has 2 amide bonds. The smallest absolute Gasteiger partial charge is 0.251 e. The molecule has 2 aliphatic rings. The van der Waals surface area contributed by atoms with Crippen molar-refractivity contribution in [3.63, 3.8) is 0 Å². The summed E-state index contributed by atoms with van der Waals surface area (Å²) in [5, 5.41) is 0. The zero-order valence-electron chi connectivity index (χ0n) is 18.3. The summed E-state index contributed by atoms with van der Waals surface area (Å²) in [6.45, 7) is 3.21. The summed E-state index contributed by atoms with van der Waals surface area (Å²) in [6.07, 6.45) is 0.256. The fourth-order valence-electron chi connectivity index (χ4n) is 4.95. The van der Waals surface area contributed by atoms with Crippen LogP contribution >= 0.6 is 22.6 Å². The number of hydrogen-bond donors (Lipinski definition) is 0. The van der Waals surface area contributed by atoms with Crippen molar-refractivity contribution in [3.8, 4) is 0 Å². The maximum atomic E-state index is 13.2. The Kier molecular flexibility index (Phi) is 6.57. The second-order valence-electron chi connectivity index (χ2n) is 8.56. The quantitative estimate of drug-likeness (QED) is 0.350. The van der Waals surface area contributed by atoms with Crippen LogP contribution in [0.1, 0.15) is 23.6 Å². The Labute approximate surface area is 208 Å². The third-order valence-electron chi connectivity index (χ3n) is 6.59. The molecule has 0 radical (unpaired) electrons. The third-order valence-corrected chi connectivity index (χ3v) is 7.31. The number of carbonyl (C=O) groups excluding carboxylic acids is 2. The second-order valence-corrected chi connectivity index (χ2v) is 9.81. The summed E-state index contributed by atoms with van der Waals surface area (Å²) in [5.41, 5.74) is 3.21. The molecular formula is C27H26IN3O2. The van der Waals surface area contributed by atoms with Gasteiger partial charge in [-0.15, -0.1) is 0 Å². The number of benzene rings is 3. The van der Waals surface area contributed by atoms with Crippen molar-refractivity contribution in [1.29, 1.82) is 0 Å². The van der Waals surface area contributed by atoms with Crippen LogP contribution in [0.15, 0.2) is 84.9 Å². The van der Waals surface area contributed by atoms with Crippen LogP contribution < -0.4 is 4.90 Å². The molecule has 0 N–H and O–H groups in total. The topological polar surface area (TPSA) is 43.9 Å². The number of hydrogen-bond acceptors (Lipinski definition) is 4. The normalized spacial score (nSPS) is 20.1. The summed E-state index contributed by atoms with van der Waals surface area (Å²) in [4.78, 5) is 32.0. The minimum Gasteiger partial charge on any atom is -0.290 e. The molecule has 0 aromatic heterocycles. The molecule has 5 rings (SSSR count). The Balaban J connectivity index is 1.31. The van der Waals surface area contributed by atoms with E-state index in [0.717, 1.165) is 29.7 Å². The van der Waals surface area contributed by atoms with Crippen LogP contribution in [0, 0.1) is 3.57 Å². The predicted molar refractivity (Wildman–Crippen MR) is 138 cm³/mol. The minimum atomic E-state index is -0.370. The maximum Gasteiger partial charge on any atom is 0.251 e. The van der Waals surface area contributed by atoms with Crippen LogP contribution in [-0.4, -0.2) is 53.8 Å². The van der Waals surface area contributed by atoms with Gasteiger partial charge in [0, 0.05) is 29.7 Å². The van der Waals surface area contributed by atoms with Gasteiger partial charge in [-0.05, 0) is 58.0 Å². The minimum absolute atomic E-state index is 0.0997. The molecule has 2 heterocycles. The van der Waals surface area contributed by atoms with E-state index in [9.17, 15) is 9.59 Å². The van der Waals surface area contributed by atoms with E-state index < -0.39 is 0 Å². The van der Waals surface area contributed by atoms with Crippen LogP contribution in [-0.2, 0) is 9.59 Å². The molecule has 6 heteroatoms. The maximum absolute atomic E-state index is 13.2. The van der Waals surface area contributed by atoms with E-state index in [1.807, 2.05) is 36.4 Å². The first-order valence-electron chi connectivity index (χ1n) is 11.3. The molecule has 2 aliphatic heterocycles. The van der Waals surface area contributed by atoms with Crippen molar-refractivity contribution in [2.45, 2.75) is 18.5 Å². The number of imide groups is 1. The number of amides is 2. The van der Waals surface area contributed by atoms with Gasteiger partial charge in [-0.25, -0.2) is 4.90 Å². The SMILES string of the molecule is O=C1C[C@@H](N2CCN(C(c3ccccc3)c3ccccc3)CC2)C(=O)N1c1ccc(I)cc1. The molecule has 33 heavy (non-hydrogen) atoms. The van der Waals surface area contributed by atoms with E-state index in [2.05, 4.69) is 80.9 Å². The third kappa shape index (κ3) is 4.60. The van der Waals surface area contributed by atoms with E-state index in [1.54, 1.807) is 0 Å². The van der Waals surface area contributed by atoms with Gasteiger partial charge in [0.25, 0.3) is 5.91 Å². The van der Waals surface area contributed by atoms with Gasteiger partial charge in [0.15, 0.2) is 0 Å². The summed E-state index contributed by atoms with van der Waals surface area (Å²) >= 11 is 2.22. The Hall–Kier alpha value is -2.55. The lowest BCUT2D eigenvalue weighted by atomic mass is 9.96. The highest BCUT2D eigenvalue weighted by Crippen LogP contribution is 2.31. The molecule has 0 aliphatic carbocycles. The molecule has 5 nitrogen and oxygen atoms in total. The summed E-state index contributed by atoms with van der Waals surface area (Å²) < 4.78 is 1.08. The number of piperazine rings is 1. The molecule has 3 aromatic rings. The van der Waals surface area contributed by atoms with Crippen LogP contribution in [0.4, 0.5) is 5.69 Å². The molecule has 0 spiro atoms. The molecule has 168 valence electrons. The number of anilines is 1. The fourth-order valence-corrected chi connectivity index (χ4v) is 5.31. The highest BCUT2D eigenvalue weighted by molar-refractivity contribution is 14.1. The van der Waals surface area contributed by atoms with E-state index in [-0.39, 0.29) is 30.3 Å². The van der Waals surface area contributed by atoms with Gasteiger partial charge in [-0.1, -0.05) is 60.7 Å². The van der Waals surface area contributed by atoms with Crippen molar-refractivity contribution < 1.29 is 9.59 Å². The first kappa shape index (κ1) is 22.3. The molecule has 2 fully saturated rings. The summed E-state index contributed by atoms with van der Waals surface area (Å²) in [5.74, 6) is -0.211. The van der Waals surface area contributed by atoms with E-state index in [1.165, 1.54) is 16.0 Å². The van der Waals surface area contributed by atoms with E-state index >= 15 is 0 Å². The van der Waals surface area contributed by atoms with Crippen molar-refractivity contribution in [3.05, 3.63) is 99.6 Å². The Morgan fingerprint density at radius 1 is 0.727 bits per heavy atom. The first-order chi connectivity index (χ1) is 16.1. The van der Waals surface area contributed by atoms with Gasteiger partial charge in [-0.2, -0.15) is 0 Å². The fraction of sp³-hybridized carbons (Fsp3) is 0.259. The van der Waals surface area contributed by atoms with E-state index in [4.69, 9.17) is 0 Å². The van der Waals surface area contributed by atoms with Gasteiger partial charge in [0.2, 0.25) is 5.91 Å². The van der Waals surface area contributed by atoms with Crippen LogP contribution in [0.5, 0.6) is 0 Å². The van der Waals surface area contributed by atoms with E-state index in [0.29, 0.717) is 5.69 Å². The molecule has 1 atom stereocenters. The number of halogens is 1. The van der Waals surface area contributed by atoms with Gasteiger partial charge in [-0.3, -0.25) is 19.4 Å². The average Bonchev–Trinajstić information content (AvgIpc) is 3.15. The lowest BCUT2D eigenvalue weighted by Crippen LogP contribution is -2.53. The zero-order chi connectivity index (χ0) is 22.8. The Morgan fingerprint density at radius 3 is 1.82 bits per heavy atom. The molecule has 0 unspecified atom stereocenters. The number of rotatable bonds is 5. The van der Waals surface area contributed by atoms with Crippen molar-refractivity contribution in [2.75, 3.05) is 31.1 Å². The van der Waals surface area contributed by atoms with Crippen LogP contribution in [0.2, 0.25) is 0 Å². The molecule has 2 saturated heterocycles. The monoisotopic (exact) mass is 551 g/mol. The summed E-state index contributed by atoms with van der Waals surface area (Å²) in [7, 11) is 0. The summed E-state index contributed by atoms with van der Waals surface area (Å²) in [6, 6.07) is 28.5. The molecular weight excluding hydrogens is 525 g/mol. The van der Waals surface area contributed by atoms with Crippen LogP contribution in [0.3, 0.4) is 0 Å². The standard InChI is InChI=1S/C27H26IN3O2/c28-22-11-13-23(14-12-22)31-25(32)19-24(27(31)33)29-15-17-30(18-16-29)26(20-7-3-1-4-8-20)21-9-5-2-6-10-21/h1-14,24,26H,15-19H2/t24-/m1/s1. The zero-order valence-corrected chi connectivity index (χ0v) is 20.5. The molecule has 0 saturated carbocycles.